The van der Waals surface area contributed by atoms with E-state index in [1.54, 1.807) is 0 Å². The summed E-state index contributed by atoms with van der Waals surface area (Å²) in [6.07, 6.45) is 4.76. The molecule has 0 spiro atoms. The maximum atomic E-state index is 14.8. The fraction of sp³-hybridized carbons (Fsp3) is 0.500. The van der Waals surface area contributed by atoms with Gasteiger partial charge in [0.05, 0.1) is 0 Å². The first-order chi connectivity index (χ1) is 12.9. The maximum Gasteiger partial charge on any atom is 0.157 e. The second-order valence-electron chi connectivity index (χ2n) is 8.65. The molecule has 2 aromatic carbocycles. The van der Waals surface area contributed by atoms with E-state index in [2.05, 4.69) is 93.0 Å². The largest absolute Gasteiger partial charge is 0.306 e. The number of hydrogen-bond acceptors (Lipinski definition) is 1. The third kappa shape index (κ3) is 4.08. The SMILES string of the molecule is CC(C)N(C(C)C)P1(=O)CCCC1(Cc1ccccc1)Cc1ccccc1. The van der Waals surface area contributed by atoms with Crippen LogP contribution >= 0.6 is 7.29 Å². The third-order valence-corrected chi connectivity index (χ3v) is 10.6. The molecule has 0 aliphatic carbocycles. The molecule has 0 aromatic heterocycles. The van der Waals surface area contributed by atoms with Gasteiger partial charge in [0.15, 0.2) is 7.29 Å². The number of hydrogen-bond donors (Lipinski definition) is 0. The molecule has 2 aromatic rings. The average molecular weight is 384 g/mol. The van der Waals surface area contributed by atoms with Crippen molar-refractivity contribution in [2.24, 2.45) is 0 Å². The summed E-state index contributed by atoms with van der Waals surface area (Å²) in [6.45, 7) is 8.81. The van der Waals surface area contributed by atoms with Crippen LogP contribution in [-0.4, -0.2) is 28.1 Å². The smallest absolute Gasteiger partial charge is 0.157 e. The van der Waals surface area contributed by atoms with E-state index in [1.807, 2.05) is 0 Å². The van der Waals surface area contributed by atoms with Gasteiger partial charge < -0.3 is 4.57 Å². The number of rotatable bonds is 7. The second kappa shape index (κ2) is 8.33. The minimum Gasteiger partial charge on any atom is -0.306 e. The molecule has 3 heteroatoms. The van der Waals surface area contributed by atoms with Gasteiger partial charge in [-0.2, -0.15) is 0 Å². The summed E-state index contributed by atoms with van der Waals surface area (Å²) in [5, 5.41) is -0.176. The predicted molar refractivity (Wildman–Crippen MR) is 117 cm³/mol. The zero-order valence-electron chi connectivity index (χ0n) is 17.3. The van der Waals surface area contributed by atoms with Crippen molar-refractivity contribution in [1.82, 2.24) is 4.67 Å². The van der Waals surface area contributed by atoms with Crippen molar-refractivity contribution >= 4 is 7.29 Å². The summed E-state index contributed by atoms with van der Waals surface area (Å²) in [5.74, 6) is 0. The molecule has 1 aliphatic rings. The van der Waals surface area contributed by atoms with Gasteiger partial charge >= 0.3 is 0 Å². The van der Waals surface area contributed by atoms with Crippen LogP contribution in [0.1, 0.15) is 51.7 Å². The van der Waals surface area contributed by atoms with Crippen LogP contribution in [0.25, 0.3) is 0 Å². The van der Waals surface area contributed by atoms with E-state index in [-0.39, 0.29) is 5.16 Å². The Morgan fingerprint density at radius 1 is 0.852 bits per heavy atom. The maximum absolute atomic E-state index is 14.8. The summed E-state index contributed by atoms with van der Waals surface area (Å²) in [5.41, 5.74) is 2.62. The number of benzene rings is 2. The average Bonchev–Trinajstić information content (AvgIpc) is 2.92. The molecule has 27 heavy (non-hydrogen) atoms. The molecule has 0 bridgehead atoms. The van der Waals surface area contributed by atoms with Crippen LogP contribution in [0.15, 0.2) is 60.7 Å². The zero-order valence-corrected chi connectivity index (χ0v) is 18.2. The van der Waals surface area contributed by atoms with E-state index in [4.69, 9.17) is 0 Å². The lowest BCUT2D eigenvalue weighted by Crippen LogP contribution is -2.43. The van der Waals surface area contributed by atoms with Crippen molar-refractivity contribution in [3.05, 3.63) is 71.8 Å². The Morgan fingerprint density at radius 2 is 1.30 bits per heavy atom. The van der Waals surface area contributed by atoms with Crippen molar-refractivity contribution in [2.75, 3.05) is 6.16 Å². The molecule has 1 saturated heterocycles. The first-order valence-corrected chi connectivity index (χ1v) is 12.2. The Balaban J connectivity index is 2.08. The van der Waals surface area contributed by atoms with Crippen LogP contribution in [0.3, 0.4) is 0 Å². The van der Waals surface area contributed by atoms with Gasteiger partial charge in [0, 0.05) is 23.4 Å². The fourth-order valence-electron chi connectivity index (χ4n) is 5.18. The second-order valence-corrected chi connectivity index (χ2v) is 11.9. The van der Waals surface area contributed by atoms with Crippen molar-refractivity contribution in [3.8, 4) is 0 Å². The third-order valence-electron chi connectivity index (χ3n) is 6.03. The molecule has 1 atom stereocenters. The van der Waals surface area contributed by atoms with Gasteiger partial charge in [-0.1, -0.05) is 60.7 Å². The molecule has 0 radical (unpaired) electrons. The fourth-order valence-corrected chi connectivity index (χ4v) is 9.82. The normalized spacial score (nSPS) is 22.0. The molecule has 1 fully saturated rings. The highest BCUT2D eigenvalue weighted by molar-refractivity contribution is 7.63. The highest BCUT2D eigenvalue weighted by Crippen LogP contribution is 2.70. The van der Waals surface area contributed by atoms with Gasteiger partial charge in [0.25, 0.3) is 0 Å². The molecular weight excluding hydrogens is 349 g/mol. The van der Waals surface area contributed by atoms with Crippen LogP contribution in [0.2, 0.25) is 0 Å². The lowest BCUT2D eigenvalue weighted by Gasteiger charge is -2.46. The topological polar surface area (TPSA) is 20.3 Å². The summed E-state index contributed by atoms with van der Waals surface area (Å²) in [4.78, 5) is 0. The molecule has 2 nitrogen and oxygen atoms in total. The number of nitrogens with zero attached hydrogens (tertiary/aromatic N) is 1. The lowest BCUT2D eigenvalue weighted by atomic mass is 9.88. The van der Waals surface area contributed by atoms with E-state index in [0.717, 1.165) is 31.8 Å². The van der Waals surface area contributed by atoms with Crippen LogP contribution in [0.5, 0.6) is 0 Å². The Labute approximate surface area is 165 Å². The van der Waals surface area contributed by atoms with Crippen LogP contribution in [0.4, 0.5) is 0 Å². The van der Waals surface area contributed by atoms with Gasteiger partial charge in [0.2, 0.25) is 0 Å². The van der Waals surface area contributed by atoms with E-state index >= 15 is 0 Å². The van der Waals surface area contributed by atoms with Gasteiger partial charge in [-0.05, 0) is 64.5 Å². The van der Waals surface area contributed by atoms with Gasteiger partial charge in [0.1, 0.15) is 0 Å². The molecule has 146 valence electrons. The van der Waals surface area contributed by atoms with Crippen LogP contribution in [-0.2, 0) is 17.4 Å². The summed E-state index contributed by atoms with van der Waals surface area (Å²) in [7, 11) is -2.53. The minimum atomic E-state index is -2.53. The first kappa shape index (κ1) is 20.4. The summed E-state index contributed by atoms with van der Waals surface area (Å²) in [6, 6.07) is 21.9. The predicted octanol–water partition coefficient (Wildman–Crippen LogP) is 6.40. The molecule has 0 saturated carbocycles. The van der Waals surface area contributed by atoms with E-state index in [0.29, 0.717) is 12.1 Å². The molecule has 0 N–H and O–H groups in total. The van der Waals surface area contributed by atoms with Crippen molar-refractivity contribution in [2.45, 2.75) is 70.6 Å². The molecule has 1 aliphatic heterocycles. The Kier molecular flexibility index (Phi) is 6.28. The van der Waals surface area contributed by atoms with Gasteiger partial charge in [-0.3, -0.25) is 0 Å². The van der Waals surface area contributed by atoms with Crippen LogP contribution < -0.4 is 0 Å². The highest BCUT2D eigenvalue weighted by Gasteiger charge is 2.55. The molecule has 1 heterocycles. The summed E-state index contributed by atoms with van der Waals surface area (Å²) < 4.78 is 17.2. The van der Waals surface area contributed by atoms with E-state index in [9.17, 15) is 4.57 Å². The van der Waals surface area contributed by atoms with Crippen molar-refractivity contribution in [3.63, 3.8) is 0 Å². The molecular formula is C24H34NOP. The zero-order chi connectivity index (χ0) is 19.5. The Bertz CT molecular complexity index is 720. The standard InChI is InChI=1S/C24H34NOP/c1-20(2)25(21(3)4)27(26)17-11-16-24(27,18-22-12-7-5-8-13-22)19-23-14-9-6-10-15-23/h5-10,12-15,20-21H,11,16-19H2,1-4H3. The van der Waals surface area contributed by atoms with Gasteiger partial charge in [-0.15, -0.1) is 0 Å². The Hall–Kier alpha value is -1.37. The minimum absolute atomic E-state index is 0.176. The van der Waals surface area contributed by atoms with E-state index in [1.165, 1.54) is 11.1 Å². The molecule has 1 unspecified atom stereocenters. The van der Waals surface area contributed by atoms with Crippen molar-refractivity contribution < 1.29 is 4.57 Å². The van der Waals surface area contributed by atoms with Crippen molar-refractivity contribution in [1.29, 1.82) is 0 Å². The first-order valence-electron chi connectivity index (χ1n) is 10.3. The van der Waals surface area contributed by atoms with Crippen LogP contribution in [0, 0.1) is 0 Å². The Morgan fingerprint density at radius 3 is 1.70 bits per heavy atom. The molecule has 0 amide bonds. The monoisotopic (exact) mass is 383 g/mol. The summed E-state index contributed by atoms with van der Waals surface area (Å²) >= 11 is 0. The lowest BCUT2D eigenvalue weighted by molar-refractivity contribution is 0.287. The molecule has 3 rings (SSSR count). The highest BCUT2D eigenvalue weighted by atomic mass is 31.2. The van der Waals surface area contributed by atoms with E-state index < -0.39 is 7.29 Å². The van der Waals surface area contributed by atoms with Gasteiger partial charge in [-0.25, -0.2) is 4.67 Å². The quantitative estimate of drug-likeness (QED) is 0.516.